The summed E-state index contributed by atoms with van der Waals surface area (Å²) < 4.78 is 0. The molecule has 3 aromatic rings. The van der Waals surface area contributed by atoms with Gasteiger partial charge in [-0.15, -0.1) is 0 Å². The zero-order valence-electron chi connectivity index (χ0n) is 19.1. The number of nitrogens with one attached hydrogen (secondary N) is 3. The molecule has 1 aliphatic rings. The van der Waals surface area contributed by atoms with Crippen LogP contribution in [0.1, 0.15) is 36.8 Å². The van der Waals surface area contributed by atoms with E-state index >= 15 is 0 Å². The molecule has 7 heteroatoms. The summed E-state index contributed by atoms with van der Waals surface area (Å²) in [6.07, 6.45) is 4.26. The molecule has 32 heavy (non-hydrogen) atoms. The van der Waals surface area contributed by atoms with Gasteiger partial charge in [0, 0.05) is 38.1 Å². The number of thiocarbonyl (C=S) groups is 1. The molecule has 1 fully saturated rings. The van der Waals surface area contributed by atoms with Gasteiger partial charge in [-0.05, 0) is 62.5 Å². The molecule has 4 rings (SSSR count). The van der Waals surface area contributed by atoms with Crippen LogP contribution < -0.4 is 20.9 Å². The molecule has 0 saturated heterocycles. The van der Waals surface area contributed by atoms with Crippen LogP contribution in [0, 0.1) is 6.92 Å². The van der Waals surface area contributed by atoms with Crippen LogP contribution in [0.25, 0.3) is 10.9 Å². The predicted molar refractivity (Wildman–Crippen MR) is 137 cm³/mol. The maximum absolute atomic E-state index is 5.52. The van der Waals surface area contributed by atoms with Crippen molar-refractivity contribution in [2.24, 2.45) is 0 Å². The van der Waals surface area contributed by atoms with Crippen LogP contribution in [-0.2, 0) is 6.54 Å². The highest BCUT2D eigenvalue weighted by atomic mass is 32.1. The summed E-state index contributed by atoms with van der Waals surface area (Å²) in [5, 5.41) is 12.2. The summed E-state index contributed by atoms with van der Waals surface area (Å²) in [7, 11) is 4.04. The van der Waals surface area contributed by atoms with Crippen LogP contribution in [-0.4, -0.2) is 41.3 Å². The third-order valence-electron chi connectivity index (χ3n) is 5.94. The third-order valence-corrected chi connectivity index (χ3v) is 6.20. The average Bonchev–Trinajstić information content (AvgIpc) is 2.78. The average molecular weight is 449 g/mol. The second kappa shape index (κ2) is 10.1. The van der Waals surface area contributed by atoms with Crippen molar-refractivity contribution in [2.75, 3.05) is 24.3 Å². The number of benzene rings is 2. The number of fused-ring (bicyclic) bond motifs is 1. The minimum absolute atomic E-state index is 0.373. The fourth-order valence-electron chi connectivity index (χ4n) is 4.27. The largest absolute Gasteiger partial charge is 0.362 e. The van der Waals surface area contributed by atoms with Crippen molar-refractivity contribution in [3.05, 3.63) is 59.7 Å². The summed E-state index contributed by atoms with van der Waals surface area (Å²) in [5.41, 5.74) is 3.48. The number of aromatic nitrogens is 2. The highest BCUT2D eigenvalue weighted by Crippen LogP contribution is 2.26. The van der Waals surface area contributed by atoms with Gasteiger partial charge in [-0.1, -0.05) is 42.0 Å². The number of rotatable bonds is 6. The molecule has 0 amide bonds. The summed E-state index contributed by atoms with van der Waals surface area (Å²) in [4.78, 5) is 11.6. The van der Waals surface area contributed by atoms with E-state index in [4.69, 9.17) is 22.2 Å². The van der Waals surface area contributed by atoms with Gasteiger partial charge in [-0.25, -0.2) is 4.98 Å². The monoisotopic (exact) mass is 448 g/mol. The lowest BCUT2D eigenvalue weighted by Gasteiger charge is -2.30. The van der Waals surface area contributed by atoms with Gasteiger partial charge in [-0.3, -0.25) is 0 Å². The number of nitrogens with zero attached hydrogens (tertiary/aromatic N) is 3. The van der Waals surface area contributed by atoms with Crippen LogP contribution in [0.2, 0.25) is 0 Å². The molecule has 6 nitrogen and oxygen atoms in total. The number of anilines is 2. The normalized spacial score (nSPS) is 18.2. The van der Waals surface area contributed by atoms with Crippen molar-refractivity contribution in [3.63, 3.8) is 0 Å². The van der Waals surface area contributed by atoms with Gasteiger partial charge in [0.1, 0.15) is 5.82 Å². The molecule has 0 unspecified atom stereocenters. The standard InChI is InChI=1S/C25H32N6S/c1-17-7-6-8-18(15-17)16-26-25(32)28-20-13-11-19(12-14-20)27-24-29-22-10-5-4-9-21(22)23(30-24)31(2)3/h4-10,15,19-20H,11-14,16H2,1-3H3,(H2,26,28,32)(H,27,29,30). The Morgan fingerprint density at radius 2 is 1.75 bits per heavy atom. The summed E-state index contributed by atoms with van der Waals surface area (Å²) in [6.45, 7) is 2.86. The van der Waals surface area contributed by atoms with Crippen molar-refractivity contribution in [2.45, 2.75) is 51.2 Å². The topological polar surface area (TPSA) is 65.1 Å². The lowest BCUT2D eigenvalue weighted by atomic mass is 9.91. The Kier molecular flexibility index (Phi) is 7.05. The quantitative estimate of drug-likeness (QED) is 0.483. The fourth-order valence-corrected chi connectivity index (χ4v) is 4.51. The van der Waals surface area contributed by atoms with E-state index in [0.29, 0.717) is 18.0 Å². The third kappa shape index (κ3) is 5.65. The molecule has 3 N–H and O–H groups in total. The van der Waals surface area contributed by atoms with E-state index in [1.54, 1.807) is 0 Å². The first kappa shape index (κ1) is 22.3. The molecule has 2 aromatic carbocycles. The maximum atomic E-state index is 5.52. The number of aryl methyl sites for hydroxylation is 1. The fraction of sp³-hybridized carbons (Fsp3) is 0.400. The molecule has 1 saturated carbocycles. The number of para-hydroxylation sites is 1. The summed E-state index contributed by atoms with van der Waals surface area (Å²) >= 11 is 5.52. The van der Waals surface area contributed by atoms with Crippen molar-refractivity contribution in [1.29, 1.82) is 0 Å². The molecule has 0 spiro atoms. The predicted octanol–water partition coefficient (Wildman–Crippen LogP) is 4.39. The summed E-state index contributed by atoms with van der Waals surface area (Å²) in [5.74, 6) is 1.65. The van der Waals surface area contributed by atoms with Crippen LogP contribution in [0.4, 0.5) is 11.8 Å². The smallest absolute Gasteiger partial charge is 0.225 e. The Bertz CT molecular complexity index is 1070. The Balaban J connectivity index is 1.28. The number of hydrogen-bond donors (Lipinski definition) is 3. The van der Waals surface area contributed by atoms with E-state index in [2.05, 4.69) is 53.2 Å². The zero-order chi connectivity index (χ0) is 22.5. The van der Waals surface area contributed by atoms with Crippen LogP contribution in [0.15, 0.2) is 48.5 Å². The molecule has 0 radical (unpaired) electrons. The highest BCUT2D eigenvalue weighted by Gasteiger charge is 2.22. The van der Waals surface area contributed by atoms with Gasteiger partial charge >= 0.3 is 0 Å². The molecule has 0 bridgehead atoms. The van der Waals surface area contributed by atoms with E-state index < -0.39 is 0 Å². The van der Waals surface area contributed by atoms with E-state index in [1.165, 1.54) is 11.1 Å². The molecule has 168 valence electrons. The molecule has 1 aromatic heterocycles. The SMILES string of the molecule is Cc1cccc(CNC(=S)NC2CCC(Nc3nc(N(C)C)c4ccccc4n3)CC2)c1. The molecular weight excluding hydrogens is 416 g/mol. The van der Waals surface area contributed by atoms with E-state index in [0.717, 1.165) is 54.1 Å². The summed E-state index contributed by atoms with van der Waals surface area (Å²) in [6, 6.07) is 17.4. The van der Waals surface area contributed by atoms with Crippen molar-refractivity contribution >= 4 is 40.0 Å². The van der Waals surface area contributed by atoms with E-state index in [1.807, 2.05) is 37.2 Å². The first-order valence-electron chi connectivity index (χ1n) is 11.3. The Hall–Kier alpha value is -2.93. The maximum Gasteiger partial charge on any atom is 0.225 e. The molecule has 0 aliphatic heterocycles. The van der Waals surface area contributed by atoms with Gasteiger partial charge in [0.2, 0.25) is 5.95 Å². The Labute approximate surface area is 195 Å². The second-order valence-electron chi connectivity index (χ2n) is 8.79. The van der Waals surface area contributed by atoms with Gasteiger partial charge in [-0.2, -0.15) is 4.98 Å². The lowest BCUT2D eigenvalue weighted by Crippen LogP contribution is -2.44. The molecule has 0 atom stereocenters. The van der Waals surface area contributed by atoms with Gasteiger partial charge in [0.25, 0.3) is 0 Å². The highest BCUT2D eigenvalue weighted by molar-refractivity contribution is 7.80. The minimum Gasteiger partial charge on any atom is -0.362 e. The van der Waals surface area contributed by atoms with E-state index in [-0.39, 0.29) is 0 Å². The van der Waals surface area contributed by atoms with Gasteiger partial charge in [0.15, 0.2) is 5.11 Å². The van der Waals surface area contributed by atoms with Crippen molar-refractivity contribution < 1.29 is 0 Å². The lowest BCUT2D eigenvalue weighted by molar-refractivity contribution is 0.385. The van der Waals surface area contributed by atoms with Crippen LogP contribution in [0.3, 0.4) is 0 Å². The number of hydrogen-bond acceptors (Lipinski definition) is 5. The minimum atomic E-state index is 0.373. The van der Waals surface area contributed by atoms with Crippen molar-refractivity contribution in [1.82, 2.24) is 20.6 Å². The second-order valence-corrected chi connectivity index (χ2v) is 9.20. The first-order chi connectivity index (χ1) is 15.5. The zero-order valence-corrected chi connectivity index (χ0v) is 19.9. The van der Waals surface area contributed by atoms with Crippen LogP contribution >= 0.6 is 12.2 Å². The van der Waals surface area contributed by atoms with E-state index in [9.17, 15) is 0 Å². The van der Waals surface area contributed by atoms with Crippen molar-refractivity contribution in [3.8, 4) is 0 Å². The van der Waals surface area contributed by atoms with Gasteiger partial charge in [0.05, 0.1) is 5.52 Å². The van der Waals surface area contributed by atoms with Gasteiger partial charge < -0.3 is 20.9 Å². The molecule has 1 aliphatic carbocycles. The Morgan fingerprint density at radius 3 is 2.50 bits per heavy atom. The first-order valence-corrected chi connectivity index (χ1v) is 11.7. The Morgan fingerprint density at radius 1 is 1.00 bits per heavy atom. The van der Waals surface area contributed by atoms with Crippen LogP contribution in [0.5, 0.6) is 0 Å². The molecule has 1 heterocycles. The molecular formula is C25H32N6S.